The molecule has 0 saturated carbocycles. The summed E-state index contributed by atoms with van der Waals surface area (Å²) in [6, 6.07) is 0. The van der Waals surface area contributed by atoms with E-state index in [1.165, 1.54) is 6.33 Å². The van der Waals surface area contributed by atoms with Crippen LogP contribution in [-0.2, 0) is 4.74 Å². The molecule has 2 rings (SSSR count). The molecule has 0 spiro atoms. The molecule has 1 aliphatic heterocycles. The maximum absolute atomic E-state index is 11.2. The maximum atomic E-state index is 11.2. The van der Waals surface area contributed by atoms with Crippen LogP contribution in [-0.4, -0.2) is 40.8 Å². The normalized spacial score (nSPS) is 18.2. The predicted octanol–water partition coefficient (Wildman–Crippen LogP) is 2.15. The van der Waals surface area contributed by atoms with Crippen molar-refractivity contribution in [3.8, 4) is 5.88 Å². The highest BCUT2D eigenvalue weighted by Crippen LogP contribution is 2.31. The largest absolute Gasteiger partial charge is 0.470 e. The van der Waals surface area contributed by atoms with Gasteiger partial charge in [0, 0.05) is 13.2 Å². The van der Waals surface area contributed by atoms with Crippen molar-refractivity contribution < 1.29 is 14.4 Å². The molecule has 8 nitrogen and oxygen atoms in total. The Morgan fingerprint density at radius 2 is 2.38 bits per heavy atom. The number of nitrogens with one attached hydrogen (secondary N) is 1. The van der Waals surface area contributed by atoms with Crippen LogP contribution in [0.15, 0.2) is 6.33 Å². The van der Waals surface area contributed by atoms with Gasteiger partial charge in [-0.3, -0.25) is 10.1 Å². The van der Waals surface area contributed by atoms with Gasteiger partial charge in [0.2, 0.25) is 5.82 Å². The molecule has 0 radical (unpaired) electrons. The predicted molar refractivity (Wildman–Crippen MR) is 76.6 cm³/mol. The lowest BCUT2D eigenvalue weighted by Gasteiger charge is -2.22. The minimum absolute atomic E-state index is 0.0113. The zero-order valence-electron chi connectivity index (χ0n) is 12.1. The van der Waals surface area contributed by atoms with Crippen LogP contribution in [0.5, 0.6) is 5.88 Å². The molecule has 0 amide bonds. The van der Waals surface area contributed by atoms with Crippen molar-refractivity contribution in [3.05, 3.63) is 16.4 Å². The van der Waals surface area contributed by atoms with E-state index in [-0.39, 0.29) is 30.1 Å². The lowest BCUT2D eigenvalue weighted by atomic mass is 10.1. The zero-order chi connectivity index (χ0) is 15.1. The average molecular weight is 296 g/mol. The van der Waals surface area contributed by atoms with Crippen molar-refractivity contribution in [2.24, 2.45) is 0 Å². The fourth-order valence-corrected chi connectivity index (χ4v) is 2.12. The molecule has 0 aliphatic carbocycles. The van der Waals surface area contributed by atoms with Gasteiger partial charge >= 0.3 is 5.69 Å². The average Bonchev–Trinajstić information content (AvgIpc) is 2.51. The van der Waals surface area contributed by atoms with Crippen molar-refractivity contribution in [2.75, 3.05) is 25.1 Å². The molecule has 1 aliphatic rings. The van der Waals surface area contributed by atoms with Gasteiger partial charge in [0.15, 0.2) is 0 Å². The minimum atomic E-state index is -0.519. The number of hydrogen-bond acceptors (Lipinski definition) is 7. The number of nitro groups is 1. The van der Waals surface area contributed by atoms with Gasteiger partial charge in [-0.25, -0.2) is 4.98 Å². The third kappa shape index (κ3) is 4.25. The lowest BCUT2D eigenvalue weighted by Crippen LogP contribution is -2.26. The monoisotopic (exact) mass is 296 g/mol. The Bertz CT molecular complexity index is 477. The van der Waals surface area contributed by atoms with E-state index < -0.39 is 4.92 Å². The second-order valence-corrected chi connectivity index (χ2v) is 4.86. The van der Waals surface area contributed by atoms with Gasteiger partial charge in [-0.1, -0.05) is 6.92 Å². The smallest absolute Gasteiger partial charge is 0.372 e. The van der Waals surface area contributed by atoms with Gasteiger partial charge in [-0.15, -0.1) is 0 Å². The summed E-state index contributed by atoms with van der Waals surface area (Å²) in [6.07, 6.45) is 5.12. The van der Waals surface area contributed by atoms with E-state index in [1.807, 2.05) is 6.92 Å². The molecule has 21 heavy (non-hydrogen) atoms. The van der Waals surface area contributed by atoms with Crippen LogP contribution < -0.4 is 10.1 Å². The third-order valence-electron chi connectivity index (χ3n) is 3.19. The standard InChI is InChI=1S/C13H20N4O4/c1-2-6-14-12-11(17(18)19)13(16-9-15-12)21-8-10-5-3-4-7-20-10/h9-10H,2-8H2,1H3,(H,14,15,16). The quantitative estimate of drug-likeness (QED) is 0.608. The molecular formula is C13H20N4O4. The summed E-state index contributed by atoms with van der Waals surface area (Å²) in [5, 5.41) is 14.1. The van der Waals surface area contributed by atoms with Crippen LogP contribution in [0.2, 0.25) is 0 Å². The Morgan fingerprint density at radius 3 is 3.05 bits per heavy atom. The van der Waals surface area contributed by atoms with Gasteiger partial charge < -0.3 is 14.8 Å². The topological polar surface area (TPSA) is 99.4 Å². The fraction of sp³-hybridized carbons (Fsp3) is 0.692. The summed E-state index contributed by atoms with van der Waals surface area (Å²) in [5.74, 6) is 0.180. The molecule has 1 fully saturated rings. The van der Waals surface area contributed by atoms with Crippen LogP contribution >= 0.6 is 0 Å². The first kappa shape index (κ1) is 15.4. The minimum Gasteiger partial charge on any atom is -0.470 e. The van der Waals surface area contributed by atoms with E-state index >= 15 is 0 Å². The highest BCUT2D eigenvalue weighted by Gasteiger charge is 2.25. The van der Waals surface area contributed by atoms with Crippen molar-refractivity contribution in [3.63, 3.8) is 0 Å². The van der Waals surface area contributed by atoms with Gasteiger partial charge in [-0.05, 0) is 25.7 Å². The molecule has 1 atom stereocenters. The molecule has 8 heteroatoms. The van der Waals surface area contributed by atoms with Crippen LogP contribution in [0, 0.1) is 10.1 Å². The Morgan fingerprint density at radius 1 is 1.52 bits per heavy atom. The molecule has 1 saturated heterocycles. The van der Waals surface area contributed by atoms with Gasteiger partial charge in [-0.2, -0.15) is 4.98 Å². The Labute approximate surface area is 123 Å². The Hall–Kier alpha value is -1.96. The first-order valence-electron chi connectivity index (χ1n) is 7.20. The second kappa shape index (κ2) is 7.72. The molecule has 1 unspecified atom stereocenters. The Balaban J connectivity index is 2.07. The summed E-state index contributed by atoms with van der Waals surface area (Å²) in [7, 11) is 0. The lowest BCUT2D eigenvalue weighted by molar-refractivity contribution is -0.385. The SMILES string of the molecule is CCCNc1ncnc(OCC2CCCCO2)c1[N+](=O)[O-]. The van der Waals surface area contributed by atoms with Crippen LogP contribution in [0.4, 0.5) is 11.5 Å². The summed E-state index contributed by atoms with van der Waals surface area (Å²) in [6.45, 7) is 3.55. The van der Waals surface area contributed by atoms with E-state index in [1.54, 1.807) is 0 Å². The van der Waals surface area contributed by atoms with Gasteiger partial charge in [0.1, 0.15) is 12.9 Å². The van der Waals surface area contributed by atoms with E-state index in [9.17, 15) is 10.1 Å². The summed E-state index contributed by atoms with van der Waals surface area (Å²) in [4.78, 5) is 18.5. The first-order valence-corrected chi connectivity index (χ1v) is 7.20. The Kier molecular flexibility index (Phi) is 5.68. The van der Waals surface area contributed by atoms with Crippen LogP contribution in [0.1, 0.15) is 32.6 Å². The molecule has 1 aromatic rings. The van der Waals surface area contributed by atoms with E-state index in [4.69, 9.17) is 9.47 Å². The molecule has 116 valence electrons. The number of hydrogen-bond donors (Lipinski definition) is 1. The maximum Gasteiger partial charge on any atom is 0.372 e. The van der Waals surface area contributed by atoms with Crippen molar-refractivity contribution in [1.29, 1.82) is 0 Å². The number of ether oxygens (including phenoxy) is 2. The van der Waals surface area contributed by atoms with Crippen molar-refractivity contribution in [1.82, 2.24) is 9.97 Å². The van der Waals surface area contributed by atoms with E-state index in [0.29, 0.717) is 13.2 Å². The van der Waals surface area contributed by atoms with Crippen LogP contribution in [0.3, 0.4) is 0 Å². The number of aromatic nitrogens is 2. The highest BCUT2D eigenvalue weighted by atomic mass is 16.6. The second-order valence-electron chi connectivity index (χ2n) is 4.86. The van der Waals surface area contributed by atoms with Gasteiger partial charge in [0.05, 0.1) is 11.0 Å². The highest BCUT2D eigenvalue weighted by molar-refractivity contribution is 5.61. The van der Waals surface area contributed by atoms with Crippen molar-refractivity contribution >= 4 is 11.5 Å². The zero-order valence-corrected chi connectivity index (χ0v) is 12.1. The molecule has 1 N–H and O–H groups in total. The van der Waals surface area contributed by atoms with Crippen LogP contribution in [0.25, 0.3) is 0 Å². The molecular weight excluding hydrogens is 276 g/mol. The van der Waals surface area contributed by atoms with Crippen molar-refractivity contribution in [2.45, 2.75) is 38.7 Å². The summed E-state index contributed by atoms with van der Waals surface area (Å²) in [5.41, 5.74) is -0.221. The molecule has 1 aromatic heterocycles. The summed E-state index contributed by atoms with van der Waals surface area (Å²) < 4.78 is 11.0. The fourth-order valence-electron chi connectivity index (χ4n) is 2.12. The molecule has 2 heterocycles. The van der Waals surface area contributed by atoms with Gasteiger partial charge in [0.25, 0.3) is 5.88 Å². The summed E-state index contributed by atoms with van der Waals surface area (Å²) >= 11 is 0. The van der Waals surface area contributed by atoms with E-state index in [2.05, 4.69) is 15.3 Å². The van der Waals surface area contributed by atoms with E-state index in [0.717, 1.165) is 25.7 Å². The molecule has 0 bridgehead atoms. The number of nitrogens with zero attached hydrogens (tertiary/aromatic N) is 3. The number of rotatable bonds is 7. The first-order chi connectivity index (χ1) is 10.2. The third-order valence-corrected chi connectivity index (χ3v) is 3.19. The number of anilines is 1. The molecule has 0 aromatic carbocycles.